The Morgan fingerprint density at radius 1 is 1.18 bits per heavy atom. The monoisotopic (exact) mass is 449 g/mol. The van der Waals surface area contributed by atoms with Gasteiger partial charge in [-0.15, -0.1) is 0 Å². The van der Waals surface area contributed by atoms with Crippen molar-refractivity contribution in [3.63, 3.8) is 0 Å². The summed E-state index contributed by atoms with van der Waals surface area (Å²) in [6.45, 7) is 1.50. The summed E-state index contributed by atoms with van der Waals surface area (Å²) in [6, 6.07) is 1.71. The van der Waals surface area contributed by atoms with Gasteiger partial charge in [0.2, 0.25) is 11.7 Å². The number of carbonyl (C=O) groups excluding carboxylic acids is 1. The number of hydrogen-bond acceptors (Lipinski definition) is 5. The van der Waals surface area contributed by atoms with Gasteiger partial charge in [0.15, 0.2) is 11.5 Å². The van der Waals surface area contributed by atoms with E-state index in [0.717, 1.165) is 22.3 Å². The highest BCUT2D eigenvalue weighted by Crippen LogP contribution is 2.49. The molecule has 150 valence electrons. The molecule has 0 radical (unpaired) electrons. The van der Waals surface area contributed by atoms with Crippen molar-refractivity contribution in [2.45, 2.75) is 31.9 Å². The van der Waals surface area contributed by atoms with Crippen LogP contribution in [0.15, 0.2) is 34.3 Å². The van der Waals surface area contributed by atoms with Crippen LogP contribution in [0.5, 0.6) is 17.2 Å². The average molecular weight is 450 g/mol. The lowest BCUT2D eigenvalue weighted by Crippen LogP contribution is -2.35. The zero-order valence-electron chi connectivity index (χ0n) is 16.3. The molecule has 7 heteroatoms. The summed E-state index contributed by atoms with van der Waals surface area (Å²) < 4.78 is 17.5. The lowest BCUT2D eigenvalue weighted by atomic mass is 9.91. The number of ether oxygens (including phenoxy) is 3. The Balaban J connectivity index is 2.30. The number of hydrogen-bond donors (Lipinski definition) is 2. The summed E-state index contributed by atoms with van der Waals surface area (Å²) in [4.78, 5) is 11.8. The first-order valence-corrected chi connectivity index (χ1v) is 9.77. The van der Waals surface area contributed by atoms with Crippen LogP contribution in [0.1, 0.15) is 24.5 Å². The first-order valence-electron chi connectivity index (χ1n) is 8.98. The fourth-order valence-electron chi connectivity index (χ4n) is 3.78. The number of aliphatic hydroxyl groups is 1. The number of amides is 1. The van der Waals surface area contributed by atoms with Crippen LogP contribution in [0, 0.1) is 0 Å². The Morgan fingerprint density at radius 3 is 2.50 bits per heavy atom. The van der Waals surface area contributed by atoms with Crippen molar-refractivity contribution in [1.29, 1.82) is 0 Å². The van der Waals surface area contributed by atoms with Crippen molar-refractivity contribution >= 4 is 27.4 Å². The van der Waals surface area contributed by atoms with Gasteiger partial charge < -0.3 is 24.6 Å². The quantitative estimate of drug-likeness (QED) is 0.738. The minimum Gasteiger partial charge on any atom is -0.493 e. The van der Waals surface area contributed by atoms with Crippen LogP contribution in [-0.2, 0) is 11.2 Å². The number of halogens is 1. The highest BCUT2D eigenvalue weighted by molar-refractivity contribution is 9.11. The maximum Gasteiger partial charge on any atom is 0.217 e. The first kappa shape index (κ1) is 20.5. The van der Waals surface area contributed by atoms with Crippen molar-refractivity contribution in [1.82, 2.24) is 5.32 Å². The van der Waals surface area contributed by atoms with Crippen LogP contribution in [-0.4, -0.2) is 44.5 Å². The Morgan fingerprint density at radius 2 is 1.89 bits per heavy atom. The van der Waals surface area contributed by atoms with Gasteiger partial charge in [0, 0.05) is 17.0 Å². The van der Waals surface area contributed by atoms with Crippen molar-refractivity contribution in [2.75, 3.05) is 21.3 Å². The molecule has 3 rings (SSSR count). The molecular weight excluding hydrogens is 426 g/mol. The van der Waals surface area contributed by atoms with E-state index in [4.69, 9.17) is 14.2 Å². The summed E-state index contributed by atoms with van der Waals surface area (Å²) in [5, 5.41) is 13.5. The molecule has 6 nitrogen and oxygen atoms in total. The molecule has 0 heterocycles. The molecule has 28 heavy (non-hydrogen) atoms. The molecule has 0 saturated carbocycles. The number of benzene rings is 1. The number of methoxy groups -OCH3 is 3. The summed E-state index contributed by atoms with van der Waals surface area (Å²) in [6.07, 6.45) is 6.10. The number of nitrogens with one attached hydrogen (secondary N) is 1. The van der Waals surface area contributed by atoms with E-state index in [0.29, 0.717) is 34.6 Å². The molecule has 1 amide bonds. The highest BCUT2D eigenvalue weighted by Gasteiger charge is 2.32. The zero-order chi connectivity index (χ0) is 20.4. The Bertz CT molecular complexity index is 887. The van der Waals surface area contributed by atoms with Gasteiger partial charge in [-0.05, 0) is 47.8 Å². The van der Waals surface area contributed by atoms with Gasteiger partial charge >= 0.3 is 0 Å². The Kier molecular flexibility index (Phi) is 6.15. The summed E-state index contributed by atoms with van der Waals surface area (Å²) in [7, 11) is 4.75. The molecule has 0 bridgehead atoms. The number of aryl methyl sites for hydroxylation is 1. The summed E-state index contributed by atoms with van der Waals surface area (Å²) in [5.74, 6) is 1.55. The molecule has 1 unspecified atom stereocenters. The predicted molar refractivity (Wildman–Crippen MR) is 111 cm³/mol. The number of rotatable bonds is 4. The van der Waals surface area contributed by atoms with E-state index in [9.17, 15) is 9.90 Å². The smallest absolute Gasteiger partial charge is 0.217 e. The molecule has 2 aliphatic rings. The van der Waals surface area contributed by atoms with Crippen LogP contribution in [0.4, 0.5) is 0 Å². The Hall–Kier alpha value is -2.25. The second-order valence-electron chi connectivity index (χ2n) is 6.67. The van der Waals surface area contributed by atoms with E-state index in [1.807, 2.05) is 18.2 Å². The summed E-state index contributed by atoms with van der Waals surface area (Å²) in [5.41, 5.74) is 3.63. The van der Waals surface area contributed by atoms with Crippen molar-refractivity contribution in [2.24, 2.45) is 0 Å². The second kappa shape index (κ2) is 8.41. The van der Waals surface area contributed by atoms with Crippen LogP contribution in [0.3, 0.4) is 0 Å². The summed E-state index contributed by atoms with van der Waals surface area (Å²) >= 11 is 3.41. The third-order valence-corrected chi connectivity index (χ3v) is 5.71. The topological polar surface area (TPSA) is 77.0 Å². The SMILES string of the molecule is COc1cc2c(c(OC)c1OC)C1=CC=C(Br)C(O)C=C1[C@@H](NC(C)=O)CC2. The Labute approximate surface area is 173 Å². The van der Waals surface area contributed by atoms with Crippen LogP contribution >= 0.6 is 15.9 Å². The van der Waals surface area contributed by atoms with Gasteiger partial charge in [0.25, 0.3) is 0 Å². The second-order valence-corrected chi connectivity index (χ2v) is 7.59. The van der Waals surface area contributed by atoms with E-state index in [1.165, 1.54) is 6.92 Å². The van der Waals surface area contributed by atoms with Crippen molar-refractivity contribution < 1.29 is 24.1 Å². The third-order valence-electron chi connectivity index (χ3n) is 4.98. The van der Waals surface area contributed by atoms with E-state index in [2.05, 4.69) is 21.2 Å². The number of fused-ring (bicyclic) bond motifs is 3. The van der Waals surface area contributed by atoms with Gasteiger partial charge in [-0.3, -0.25) is 4.79 Å². The van der Waals surface area contributed by atoms with Gasteiger partial charge in [-0.1, -0.05) is 22.0 Å². The fraction of sp³-hybridized carbons (Fsp3) is 0.381. The lowest BCUT2D eigenvalue weighted by Gasteiger charge is -2.23. The maximum absolute atomic E-state index is 11.8. The largest absolute Gasteiger partial charge is 0.493 e. The van der Waals surface area contributed by atoms with E-state index in [1.54, 1.807) is 27.4 Å². The molecule has 0 fully saturated rings. The lowest BCUT2D eigenvalue weighted by molar-refractivity contribution is -0.119. The molecule has 0 aromatic heterocycles. The molecule has 2 N–H and O–H groups in total. The van der Waals surface area contributed by atoms with Crippen LogP contribution < -0.4 is 19.5 Å². The number of carbonyl (C=O) groups is 1. The molecule has 2 aliphatic carbocycles. The average Bonchev–Trinajstić information content (AvgIpc) is 2.90. The molecule has 0 spiro atoms. The molecular formula is C21H24BrNO5. The normalized spacial score (nSPS) is 21.0. The fourth-order valence-corrected chi connectivity index (χ4v) is 4.04. The van der Waals surface area contributed by atoms with Gasteiger partial charge in [-0.2, -0.15) is 0 Å². The molecule has 1 aromatic carbocycles. The third kappa shape index (κ3) is 3.69. The van der Waals surface area contributed by atoms with Gasteiger partial charge in [-0.25, -0.2) is 0 Å². The number of aliphatic hydroxyl groups excluding tert-OH is 1. The van der Waals surface area contributed by atoms with E-state index in [-0.39, 0.29) is 11.9 Å². The molecule has 2 atom stereocenters. The number of allylic oxidation sites excluding steroid dienone is 2. The molecule has 0 aliphatic heterocycles. The molecule has 1 aromatic rings. The van der Waals surface area contributed by atoms with Gasteiger partial charge in [0.1, 0.15) is 6.10 Å². The minimum absolute atomic E-state index is 0.121. The van der Waals surface area contributed by atoms with Crippen molar-refractivity contribution in [3.8, 4) is 17.2 Å². The van der Waals surface area contributed by atoms with Gasteiger partial charge in [0.05, 0.1) is 27.4 Å². The van der Waals surface area contributed by atoms with Crippen LogP contribution in [0.25, 0.3) is 5.57 Å². The van der Waals surface area contributed by atoms with Crippen molar-refractivity contribution in [3.05, 3.63) is 45.5 Å². The standard InChI is InChI=1S/C21H24BrNO5/c1-11(24)23-16-8-5-12-9-18(26-2)20(27-3)21(28-4)19(12)13-6-7-15(22)17(25)10-14(13)16/h6-7,9-10,16-17,25H,5,8H2,1-4H3,(H,23,24)/t16-,17?/m0/s1. The van der Waals surface area contributed by atoms with E-state index >= 15 is 0 Å². The maximum atomic E-state index is 11.8. The molecule has 0 saturated heterocycles. The van der Waals surface area contributed by atoms with E-state index < -0.39 is 6.10 Å². The predicted octanol–water partition coefficient (Wildman–Crippen LogP) is 3.13. The first-order chi connectivity index (χ1) is 13.4. The highest BCUT2D eigenvalue weighted by atomic mass is 79.9. The minimum atomic E-state index is -0.798. The zero-order valence-corrected chi connectivity index (χ0v) is 17.9. The van der Waals surface area contributed by atoms with Crippen LogP contribution in [0.2, 0.25) is 0 Å².